The first-order chi connectivity index (χ1) is 13.0. The maximum Gasteiger partial charge on any atom is 0.318 e. The van der Waals surface area contributed by atoms with Crippen LogP contribution in [0.1, 0.15) is 11.1 Å². The van der Waals surface area contributed by atoms with Crippen molar-refractivity contribution in [3.63, 3.8) is 0 Å². The van der Waals surface area contributed by atoms with Crippen LogP contribution in [0.25, 0.3) is 0 Å². The van der Waals surface area contributed by atoms with Crippen LogP contribution in [0.5, 0.6) is 0 Å². The Bertz CT molecular complexity index is 1070. The molecular formula is C16H9BrF4N2O4S. The maximum absolute atomic E-state index is 14.2. The summed E-state index contributed by atoms with van der Waals surface area (Å²) >= 11 is 2.37. The first kappa shape index (κ1) is 21.8. The first-order valence-electron chi connectivity index (χ1n) is 7.23. The van der Waals surface area contributed by atoms with E-state index in [0.29, 0.717) is 0 Å². The summed E-state index contributed by atoms with van der Waals surface area (Å²) in [5.41, 5.74) is 0.0681. The highest BCUT2D eigenvalue weighted by Gasteiger charge is 2.37. The van der Waals surface area contributed by atoms with Crippen LogP contribution in [0, 0.1) is 34.6 Å². The van der Waals surface area contributed by atoms with E-state index in [4.69, 9.17) is 10.4 Å². The van der Waals surface area contributed by atoms with Crippen LogP contribution >= 0.6 is 15.9 Å². The topological polar surface area (TPSA) is 98.5 Å². The van der Waals surface area contributed by atoms with Gasteiger partial charge in [-0.15, -0.1) is 0 Å². The summed E-state index contributed by atoms with van der Waals surface area (Å²) in [6.45, 7) is -1.93. The van der Waals surface area contributed by atoms with E-state index in [2.05, 4.69) is 15.9 Å². The first-order valence-corrected chi connectivity index (χ1v) is 9.47. The van der Waals surface area contributed by atoms with Crippen LogP contribution in [0.15, 0.2) is 33.6 Å². The summed E-state index contributed by atoms with van der Waals surface area (Å²) < 4.78 is 79.4. The van der Waals surface area contributed by atoms with Crippen molar-refractivity contribution in [2.75, 3.05) is 6.54 Å². The zero-order valence-electron chi connectivity index (χ0n) is 13.6. The largest absolute Gasteiger partial charge is 0.480 e. The summed E-state index contributed by atoms with van der Waals surface area (Å²) in [4.78, 5) is 9.51. The Labute approximate surface area is 164 Å². The number of carbonyl (C=O) groups is 1. The Morgan fingerprint density at radius 2 is 1.68 bits per heavy atom. The van der Waals surface area contributed by atoms with Crippen molar-refractivity contribution in [1.29, 1.82) is 5.26 Å². The van der Waals surface area contributed by atoms with E-state index in [0.717, 1.165) is 0 Å². The van der Waals surface area contributed by atoms with E-state index in [1.54, 1.807) is 6.07 Å². The zero-order valence-corrected chi connectivity index (χ0v) is 16.0. The fourth-order valence-electron chi connectivity index (χ4n) is 2.27. The summed E-state index contributed by atoms with van der Waals surface area (Å²) in [6, 6.07) is 7.33. The second kappa shape index (κ2) is 8.26. The van der Waals surface area contributed by atoms with Crippen molar-refractivity contribution < 1.29 is 35.9 Å². The molecule has 6 nitrogen and oxygen atoms in total. The highest BCUT2D eigenvalue weighted by molar-refractivity contribution is 9.10. The molecule has 0 saturated carbocycles. The highest BCUT2D eigenvalue weighted by Crippen LogP contribution is 2.34. The van der Waals surface area contributed by atoms with E-state index >= 15 is 0 Å². The summed E-state index contributed by atoms with van der Waals surface area (Å²) in [5, 5.41) is 18.1. The van der Waals surface area contributed by atoms with Crippen molar-refractivity contribution in [2.24, 2.45) is 0 Å². The predicted octanol–water partition coefficient (Wildman–Crippen LogP) is 3.15. The van der Waals surface area contributed by atoms with Crippen LogP contribution in [0.3, 0.4) is 0 Å². The number of carboxylic acid groups (broad SMARTS) is 1. The van der Waals surface area contributed by atoms with Crippen molar-refractivity contribution in [3.8, 4) is 6.07 Å². The van der Waals surface area contributed by atoms with E-state index in [1.165, 1.54) is 24.3 Å². The third kappa shape index (κ3) is 4.01. The number of nitrogens with zero attached hydrogens (tertiary/aromatic N) is 2. The smallest absolute Gasteiger partial charge is 0.318 e. The highest BCUT2D eigenvalue weighted by atomic mass is 79.9. The van der Waals surface area contributed by atoms with Crippen LogP contribution in [-0.4, -0.2) is 30.3 Å². The summed E-state index contributed by atoms with van der Waals surface area (Å²) in [6.07, 6.45) is 0. The Morgan fingerprint density at radius 1 is 1.11 bits per heavy atom. The van der Waals surface area contributed by atoms with Crippen molar-refractivity contribution in [2.45, 2.75) is 11.4 Å². The average Bonchev–Trinajstić information content (AvgIpc) is 2.64. The molecule has 0 fully saturated rings. The summed E-state index contributed by atoms with van der Waals surface area (Å²) in [7, 11) is -5.17. The molecule has 148 valence electrons. The van der Waals surface area contributed by atoms with Crippen LogP contribution in [0.4, 0.5) is 17.6 Å². The fraction of sp³-hybridized carbons (Fsp3) is 0.125. The Hall–Kier alpha value is -2.49. The Kier molecular flexibility index (Phi) is 6.43. The molecule has 0 unspecified atom stereocenters. The number of sulfonamides is 1. The second-order valence-electron chi connectivity index (χ2n) is 5.33. The minimum absolute atomic E-state index is 0.00379. The number of benzene rings is 2. The van der Waals surface area contributed by atoms with Crippen LogP contribution in [0.2, 0.25) is 0 Å². The minimum atomic E-state index is -5.17. The minimum Gasteiger partial charge on any atom is -0.480 e. The molecule has 0 saturated heterocycles. The SMILES string of the molecule is N#Cc1ccccc1CN(CC(=O)O)S(=O)(=O)c1c(F)c(F)c(F)c(F)c1Br. The molecule has 28 heavy (non-hydrogen) atoms. The molecule has 2 aromatic rings. The Balaban J connectivity index is 2.68. The van der Waals surface area contributed by atoms with Gasteiger partial charge in [0, 0.05) is 6.54 Å². The monoisotopic (exact) mass is 480 g/mol. The molecule has 1 N–H and O–H groups in total. The molecule has 2 rings (SSSR count). The third-order valence-electron chi connectivity index (χ3n) is 3.56. The lowest BCUT2D eigenvalue weighted by atomic mass is 10.1. The number of rotatable bonds is 6. The Morgan fingerprint density at radius 3 is 2.25 bits per heavy atom. The number of halogens is 5. The molecule has 12 heteroatoms. The van der Waals surface area contributed by atoms with E-state index in [1.807, 2.05) is 0 Å². The van der Waals surface area contributed by atoms with Crippen LogP contribution < -0.4 is 0 Å². The van der Waals surface area contributed by atoms with Gasteiger partial charge in [-0.2, -0.15) is 9.57 Å². The molecule has 0 amide bonds. The van der Waals surface area contributed by atoms with Gasteiger partial charge < -0.3 is 5.11 Å². The van der Waals surface area contributed by atoms with Gasteiger partial charge in [0.2, 0.25) is 10.0 Å². The number of nitriles is 1. The number of aliphatic carboxylic acids is 1. The van der Waals surface area contributed by atoms with E-state index < -0.39 is 61.7 Å². The van der Waals surface area contributed by atoms with Gasteiger partial charge in [-0.3, -0.25) is 4.79 Å². The molecule has 0 aliphatic carbocycles. The van der Waals surface area contributed by atoms with E-state index in [-0.39, 0.29) is 15.4 Å². The van der Waals surface area contributed by atoms with Gasteiger partial charge in [0.25, 0.3) is 0 Å². The number of carboxylic acids is 1. The molecule has 0 aliphatic rings. The second-order valence-corrected chi connectivity index (χ2v) is 8.00. The van der Waals surface area contributed by atoms with Crippen molar-refractivity contribution in [3.05, 3.63) is 63.1 Å². The van der Waals surface area contributed by atoms with Gasteiger partial charge >= 0.3 is 5.97 Å². The molecular weight excluding hydrogens is 472 g/mol. The molecule has 2 aromatic carbocycles. The predicted molar refractivity (Wildman–Crippen MR) is 90.4 cm³/mol. The third-order valence-corrected chi connectivity index (χ3v) is 6.41. The van der Waals surface area contributed by atoms with Crippen molar-refractivity contribution in [1.82, 2.24) is 4.31 Å². The van der Waals surface area contributed by atoms with Gasteiger partial charge in [-0.05, 0) is 27.6 Å². The van der Waals surface area contributed by atoms with Gasteiger partial charge in [-0.1, -0.05) is 18.2 Å². The molecule has 0 radical (unpaired) electrons. The summed E-state index contributed by atoms with van der Waals surface area (Å²) in [5.74, 6) is -10.5. The average molecular weight is 481 g/mol. The number of hydrogen-bond acceptors (Lipinski definition) is 4. The van der Waals surface area contributed by atoms with Crippen molar-refractivity contribution >= 4 is 31.9 Å². The zero-order chi connectivity index (χ0) is 21.2. The quantitative estimate of drug-likeness (QED) is 0.389. The lowest BCUT2D eigenvalue weighted by Gasteiger charge is -2.22. The standard InChI is InChI=1S/C16H9BrF4N2O4S/c17-11-12(18)13(19)14(20)15(21)16(11)28(26,27)23(7-10(24)25)6-9-4-2-1-3-8(9)5-22/h1-4H,6-7H2,(H,24,25). The van der Waals surface area contributed by atoms with Gasteiger partial charge in [0.1, 0.15) is 11.4 Å². The number of hydrogen-bond donors (Lipinski definition) is 1. The van der Waals surface area contributed by atoms with E-state index in [9.17, 15) is 30.8 Å². The van der Waals surface area contributed by atoms with Gasteiger partial charge in [0.15, 0.2) is 23.3 Å². The van der Waals surface area contributed by atoms with Crippen LogP contribution in [-0.2, 0) is 21.4 Å². The molecule has 0 atom stereocenters. The molecule has 0 aliphatic heterocycles. The maximum atomic E-state index is 14.2. The molecule has 0 aromatic heterocycles. The molecule has 0 bridgehead atoms. The van der Waals surface area contributed by atoms with Gasteiger partial charge in [0.05, 0.1) is 16.1 Å². The lowest BCUT2D eigenvalue weighted by Crippen LogP contribution is -2.36. The molecule has 0 spiro atoms. The fourth-order valence-corrected chi connectivity index (χ4v) is 4.72. The normalized spacial score (nSPS) is 11.5. The van der Waals surface area contributed by atoms with Gasteiger partial charge in [-0.25, -0.2) is 26.0 Å². The lowest BCUT2D eigenvalue weighted by molar-refractivity contribution is -0.137. The molecule has 0 heterocycles.